The molecule has 2 heterocycles. The van der Waals surface area contributed by atoms with Gasteiger partial charge >= 0.3 is 6.03 Å². The number of H-pyrrole nitrogens is 1. The fourth-order valence-electron chi connectivity index (χ4n) is 2.77. The Kier molecular flexibility index (Phi) is 5.11. The second kappa shape index (κ2) is 7.64. The Labute approximate surface area is 141 Å². The van der Waals surface area contributed by atoms with Gasteiger partial charge in [-0.05, 0) is 43.5 Å². The van der Waals surface area contributed by atoms with Crippen LogP contribution in [0.1, 0.15) is 30.6 Å². The number of hydrogen-bond donors (Lipinski definition) is 3. The summed E-state index contributed by atoms with van der Waals surface area (Å²) in [5.74, 6) is 0. The molecular weight excluding hydrogens is 300 g/mol. The highest BCUT2D eigenvalue weighted by Gasteiger charge is 2.09. The van der Waals surface area contributed by atoms with Crippen molar-refractivity contribution in [1.82, 2.24) is 20.6 Å². The molecule has 24 heavy (non-hydrogen) atoms. The monoisotopic (exact) mass is 322 g/mol. The Bertz CT molecular complexity index is 797. The molecule has 0 aliphatic carbocycles. The molecule has 0 saturated carbocycles. The van der Waals surface area contributed by atoms with Crippen LogP contribution < -0.4 is 10.6 Å². The van der Waals surface area contributed by atoms with E-state index in [0.29, 0.717) is 6.54 Å². The maximum Gasteiger partial charge on any atom is 0.315 e. The van der Waals surface area contributed by atoms with Crippen molar-refractivity contribution in [3.8, 4) is 0 Å². The van der Waals surface area contributed by atoms with Crippen molar-refractivity contribution in [3.63, 3.8) is 0 Å². The van der Waals surface area contributed by atoms with Crippen molar-refractivity contribution in [2.45, 2.75) is 25.8 Å². The number of nitrogens with zero attached hydrogens (tertiary/aromatic N) is 1. The quantitative estimate of drug-likeness (QED) is 0.607. The van der Waals surface area contributed by atoms with Crippen LogP contribution in [-0.4, -0.2) is 22.5 Å². The lowest BCUT2D eigenvalue weighted by molar-refractivity contribution is 0.237. The number of amides is 2. The summed E-state index contributed by atoms with van der Waals surface area (Å²) in [6.07, 6.45) is 5.60. The molecule has 3 N–H and O–H groups in total. The van der Waals surface area contributed by atoms with Gasteiger partial charge in [-0.15, -0.1) is 0 Å². The number of aryl methyl sites for hydroxylation is 1. The van der Waals surface area contributed by atoms with Gasteiger partial charge < -0.3 is 15.6 Å². The number of rotatable bonds is 6. The first kappa shape index (κ1) is 16.1. The van der Waals surface area contributed by atoms with Crippen molar-refractivity contribution < 1.29 is 4.79 Å². The number of fused-ring (bicyclic) bond motifs is 1. The van der Waals surface area contributed by atoms with Crippen LogP contribution in [0.15, 0.2) is 54.9 Å². The molecule has 0 fully saturated rings. The van der Waals surface area contributed by atoms with Gasteiger partial charge in [0.15, 0.2) is 0 Å². The standard InChI is InChI=1S/C19H22N4O/c1-14(17-9-4-5-11-20-17)23-19(24)21-12-6-7-15-13-22-18-10-3-2-8-16(15)18/h2-5,8-11,13-14,22H,6-7,12H2,1H3,(H2,21,23,24). The molecule has 124 valence electrons. The molecule has 1 aromatic carbocycles. The second-order valence-electron chi connectivity index (χ2n) is 5.84. The molecule has 0 aliphatic rings. The number of para-hydroxylation sites is 1. The molecule has 5 heteroatoms. The van der Waals surface area contributed by atoms with Crippen molar-refractivity contribution in [3.05, 3.63) is 66.1 Å². The molecule has 3 rings (SSSR count). The molecule has 0 spiro atoms. The number of carbonyl (C=O) groups is 1. The highest BCUT2D eigenvalue weighted by atomic mass is 16.2. The number of hydrogen-bond acceptors (Lipinski definition) is 2. The topological polar surface area (TPSA) is 69.8 Å². The minimum atomic E-state index is -0.160. The molecule has 2 aromatic heterocycles. The summed E-state index contributed by atoms with van der Waals surface area (Å²) in [6.45, 7) is 2.56. The van der Waals surface area contributed by atoms with Gasteiger partial charge in [-0.25, -0.2) is 4.79 Å². The fraction of sp³-hybridized carbons (Fsp3) is 0.263. The van der Waals surface area contributed by atoms with Crippen LogP contribution in [0.25, 0.3) is 10.9 Å². The van der Waals surface area contributed by atoms with Crippen LogP contribution in [0.3, 0.4) is 0 Å². The third kappa shape index (κ3) is 3.93. The minimum absolute atomic E-state index is 0.111. The van der Waals surface area contributed by atoms with Gasteiger partial charge in [0.2, 0.25) is 0 Å². The van der Waals surface area contributed by atoms with Crippen LogP contribution in [0, 0.1) is 0 Å². The molecule has 0 bridgehead atoms. The Hall–Kier alpha value is -2.82. The predicted molar refractivity (Wildman–Crippen MR) is 95.8 cm³/mol. The molecular formula is C19H22N4O. The normalized spacial score (nSPS) is 12.0. The molecule has 3 aromatic rings. The van der Waals surface area contributed by atoms with Crippen LogP contribution in [0.4, 0.5) is 4.79 Å². The number of nitrogens with one attached hydrogen (secondary N) is 3. The lowest BCUT2D eigenvalue weighted by Gasteiger charge is -2.14. The van der Waals surface area contributed by atoms with E-state index in [-0.39, 0.29) is 12.1 Å². The fourth-order valence-corrected chi connectivity index (χ4v) is 2.77. The molecule has 0 saturated heterocycles. The van der Waals surface area contributed by atoms with E-state index in [1.807, 2.05) is 43.5 Å². The molecule has 0 radical (unpaired) electrons. The van der Waals surface area contributed by atoms with E-state index in [1.54, 1.807) is 6.20 Å². The first-order valence-corrected chi connectivity index (χ1v) is 8.24. The second-order valence-corrected chi connectivity index (χ2v) is 5.84. The number of aromatic nitrogens is 2. The number of benzene rings is 1. The predicted octanol–water partition coefficient (Wildman–Crippen LogP) is 3.56. The Morgan fingerprint density at radius 1 is 1.21 bits per heavy atom. The zero-order valence-corrected chi connectivity index (χ0v) is 13.8. The zero-order chi connectivity index (χ0) is 16.8. The summed E-state index contributed by atoms with van der Waals surface area (Å²) in [7, 11) is 0. The summed E-state index contributed by atoms with van der Waals surface area (Å²) in [6, 6.07) is 13.7. The number of urea groups is 1. The SMILES string of the molecule is CC(NC(=O)NCCCc1c[nH]c2ccccc12)c1ccccn1. The van der Waals surface area contributed by atoms with E-state index in [0.717, 1.165) is 24.1 Å². The summed E-state index contributed by atoms with van der Waals surface area (Å²) in [5.41, 5.74) is 3.29. The maximum atomic E-state index is 11.9. The van der Waals surface area contributed by atoms with Crippen LogP contribution in [-0.2, 0) is 6.42 Å². The molecule has 2 amide bonds. The maximum absolute atomic E-state index is 11.9. The summed E-state index contributed by atoms with van der Waals surface area (Å²) in [5, 5.41) is 7.06. The summed E-state index contributed by atoms with van der Waals surface area (Å²) < 4.78 is 0. The minimum Gasteiger partial charge on any atom is -0.361 e. The van der Waals surface area contributed by atoms with Crippen molar-refractivity contribution in [2.24, 2.45) is 0 Å². The van der Waals surface area contributed by atoms with Crippen molar-refractivity contribution in [2.75, 3.05) is 6.54 Å². The highest BCUT2D eigenvalue weighted by Crippen LogP contribution is 2.18. The molecule has 1 unspecified atom stereocenters. The first-order chi connectivity index (χ1) is 11.7. The van der Waals surface area contributed by atoms with E-state index < -0.39 is 0 Å². The van der Waals surface area contributed by atoms with E-state index >= 15 is 0 Å². The zero-order valence-electron chi connectivity index (χ0n) is 13.8. The third-order valence-corrected chi connectivity index (χ3v) is 4.06. The van der Waals surface area contributed by atoms with E-state index in [9.17, 15) is 4.79 Å². The van der Waals surface area contributed by atoms with Crippen LogP contribution in [0.5, 0.6) is 0 Å². The Balaban J connectivity index is 1.42. The third-order valence-electron chi connectivity index (χ3n) is 4.06. The lowest BCUT2D eigenvalue weighted by atomic mass is 10.1. The van der Waals surface area contributed by atoms with Gasteiger partial charge in [0, 0.05) is 29.8 Å². The largest absolute Gasteiger partial charge is 0.361 e. The average molecular weight is 322 g/mol. The van der Waals surface area contributed by atoms with Crippen molar-refractivity contribution >= 4 is 16.9 Å². The number of carbonyl (C=O) groups excluding carboxylic acids is 1. The average Bonchev–Trinajstić information content (AvgIpc) is 3.03. The van der Waals surface area contributed by atoms with Gasteiger partial charge in [0.05, 0.1) is 11.7 Å². The van der Waals surface area contributed by atoms with E-state index in [2.05, 4.69) is 32.7 Å². The Morgan fingerprint density at radius 3 is 2.88 bits per heavy atom. The Morgan fingerprint density at radius 2 is 2.04 bits per heavy atom. The van der Waals surface area contributed by atoms with Gasteiger partial charge in [0.1, 0.15) is 0 Å². The van der Waals surface area contributed by atoms with Gasteiger partial charge in [-0.2, -0.15) is 0 Å². The summed E-state index contributed by atoms with van der Waals surface area (Å²) >= 11 is 0. The first-order valence-electron chi connectivity index (χ1n) is 8.24. The van der Waals surface area contributed by atoms with Crippen LogP contribution in [0.2, 0.25) is 0 Å². The molecule has 0 aliphatic heterocycles. The summed E-state index contributed by atoms with van der Waals surface area (Å²) in [4.78, 5) is 19.5. The van der Waals surface area contributed by atoms with Crippen LogP contribution >= 0.6 is 0 Å². The van der Waals surface area contributed by atoms with E-state index in [4.69, 9.17) is 0 Å². The van der Waals surface area contributed by atoms with Gasteiger partial charge in [-0.3, -0.25) is 4.98 Å². The lowest BCUT2D eigenvalue weighted by Crippen LogP contribution is -2.37. The smallest absolute Gasteiger partial charge is 0.315 e. The molecule has 1 atom stereocenters. The van der Waals surface area contributed by atoms with Gasteiger partial charge in [0.25, 0.3) is 0 Å². The highest BCUT2D eigenvalue weighted by molar-refractivity contribution is 5.83. The van der Waals surface area contributed by atoms with E-state index in [1.165, 1.54) is 10.9 Å². The number of aromatic amines is 1. The van der Waals surface area contributed by atoms with Gasteiger partial charge in [-0.1, -0.05) is 24.3 Å². The van der Waals surface area contributed by atoms with Crippen molar-refractivity contribution in [1.29, 1.82) is 0 Å². The molecule has 5 nitrogen and oxygen atoms in total. The number of pyridine rings is 1.